The van der Waals surface area contributed by atoms with Gasteiger partial charge in [-0.1, -0.05) is 6.58 Å². The highest BCUT2D eigenvalue weighted by molar-refractivity contribution is 6.37. The van der Waals surface area contributed by atoms with Gasteiger partial charge in [0.15, 0.2) is 0 Å². The third kappa shape index (κ3) is 7.27. The van der Waals surface area contributed by atoms with Gasteiger partial charge >= 0.3 is 0 Å². The zero-order valence-corrected chi connectivity index (χ0v) is 10.8. The molecule has 0 spiro atoms. The van der Waals surface area contributed by atoms with Crippen LogP contribution in [-0.4, -0.2) is 44.8 Å². The molecular weight excluding hydrogens is 218 g/mol. The van der Waals surface area contributed by atoms with E-state index in [9.17, 15) is 4.79 Å². The van der Waals surface area contributed by atoms with Crippen LogP contribution in [0.15, 0.2) is 22.6 Å². The van der Waals surface area contributed by atoms with Gasteiger partial charge in [-0.2, -0.15) is 0 Å². The van der Waals surface area contributed by atoms with Crippen LogP contribution in [0.3, 0.4) is 0 Å². The SMILES string of the molecule is C=CC(=NC)OCCCCNC(=O)C(C)=NC. The highest BCUT2D eigenvalue weighted by Crippen LogP contribution is 1.91. The van der Waals surface area contributed by atoms with Crippen LogP contribution < -0.4 is 5.32 Å². The van der Waals surface area contributed by atoms with Gasteiger partial charge in [-0.15, -0.1) is 0 Å². The van der Waals surface area contributed by atoms with Crippen molar-refractivity contribution < 1.29 is 9.53 Å². The van der Waals surface area contributed by atoms with Crippen molar-refractivity contribution in [2.45, 2.75) is 19.8 Å². The molecule has 0 saturated carbocycles. The summed E-state index contributed by atoms with van der Waals surface area (Å²) < 4.78 is 5.31. The Hall–Kier alpha value is -1.65. The number of hydrogen-bond acceptors (Lipinski definition) is 4. The van der Waals surface area contributed by atoms with E-state index in [0.717, 1.165) is 12.8 Å². The average Bonchev–Trinajstić information content (AvgIpc) is 2.36. The second kappa shape index (κ2) is 9.57. The summed E-state index contributed by atoms with van der Waals surface area (Å²) in [7, 11) is 3.26. The number of carbonyl (C=O) groups excluding carboxylic acids is 1. The molecule has 0 atom stereocenters. The highest BCUT2D eigenvalue weighted by atomic mass is 16.5. The molecule has 0 rings (SSSR count). The summed E-state index contributed by atoms with van der Waals surface area (Å²) >= 11 is 0. The normalized spacial score (nSPS) is 12.2. The van der Waals surface area contributed by atoms with Gasteiger partial charge in [-0.3, -0.25) is 14.8 Å². The molecule has 0 aliphatic heterocycles. The maximum atomic E-state index is 11.3. The van der Waals surface area contributed by atoms with E-state index in [1.165, 1.54) is 0 Å². The summed E-state index contributed by atoms with van der Waals surface area (Å²) in [5, 5.41) is 2.77. The maximum Gasteiger partial charge on any atom is 0.264 e. The van der Waals surface area contributed by atoms with Gasteiger partial charge in [0.25, 0.3) is 5.91 Å². The number of amides is 1. The standard InChI is InChI=1S/C12H21N3O2/c1-5-11(14-4)17-9-7-6-8-15-12(16)10(2)13-3/h5H,1,6-9H2,2-4H3,(H,15,16). The number of rotatable bonds is 7. The number of aliphatic imine (C=N–C) groups is 2. The lowest BCUT2D eigenvalue weighted by atomic mass is 10.3. The molecule has 5 heteroatoms. The van der Waals surface area contributed by atoms with Gasteiger partial charge in [0.2, 0.25) is 5.90 Å². The lowest BCUT2D eigenvalue weighted by molar-refractivity contribution is -0.114. The number of unbranched alkanes of at least 4 members (excludes halogenated alkanes) is 1. The summed E-state index contributed by atoms with van der Waals surface area (Å²) in [6, 6.07) is 0. The minimum atomic E-state index is -0.115. The Bertz CT molecular complexity index is 309. The Balaban J connectivity index is 3.54. The van der Waals surface area contributed by atoms with Crippen molar-refractivity contribution in [3.63, 3.8) is 0 Å². The van der Waals surface area contributed by atoms with Crippen molar-refractivity contribution in [1.82, 2.24) is 5.32 Å². The van der Waals surface area contributed by atoms with Crippen molar-refractivity contribution >= 4 is 17.5 Å². The van der Waals surface area contributed by atoms with E-state index in [1.807, 2.05) is 0 Å². The molecule has 5 nitrogen and oxygen atoms in total. The second-order valence-electron chi connectivity index (χ2n) is 3.39. The first kappa shape index (κ1) is 15.3. The molecule has 0 aromatic rings. The molecule has 0 fully saturated rings. The van der Waals surface area contributed by atoms with E-state index >= 15 is 0 Å². The average molecular weight is 239 g/mol. The molecule has 1 N–H and O–H groups in total. The van der Waals surface area contributed by atoms with E-state index in [2.05, 4.69) is 21.9 Å². The molecule has 96 valence electrons. The fourth-order valence-corrected chi connectivity index (χ4v) is 1.05. The van der Waals surface area contributed by atoms with Crippen LogP contribution >= 0.6 is 0 Å². The summed E-state index contributed by atoms with van der Waals surface area (Å²) in [6.07, 6.45) is 3.29. The van der Waals surface area contributed by atoms with E-state index in [1.54, 1.807) is 27.1 Å². The van der Waals surface area contributed by atoms with Crippen molar-refractivity contribution in [3.8, 4) is 0 Å². The molecule has 0 aromatic heterocycles. The minimum Gasteiger partial charge on any atom is -0.478 e. The molecule has 0 aromatic carbocycles. The number of nitrogens with zero attached hydrogens (tertiary/aromatic N) is 2. The topological polar surface area (TPSA) is 63.0 Å². The Morgan fingerprint density at radius 3 is 2.59 bits per heavy atom. The quantitative estimate of drug-likeness (QED) is 0.412. The summed E-state index contributed by atoms with van der Waals surface area (Å²) in [6.45, 7) is 6.47. The molecule has 0 saturated heterocycles. The van der Waals surface area contributed by atoms with E-state index in [0.29, 0.717) is 24.8 Å². The Morgan fingerprint density at radius 1 is 1.35 bits per heavy atom. The Labute approximate surface area is 103 Å². The van der Waals surface area contributed by atoms with Crippen molar-refractivity contribution in [3.05, 3.63) is 12.7 Å². The molecule has 0 unspecified atom stereocenters. The van der Waals surface area contributed by atoms with Crippen LogP contribution in [0.4, 0.5) is 0 Å². The van der Waals surface area contributed by atoms with Crippen molar-refractivity contribution in [2.24, 2.45) is 9.98 Å². The molecule has 0 aliphatic rings. The Kier molecular flexibility index (Phi) is 8.64. The number of ether oxygens (including phenoxy) is 1. The summed E-state index contributed by atoms with van der Waals surface area (Å²) in [4.78, 5) is 19.0. The first-order valence-electron chi connectivity index (χ1n) is 5.59. The monoisotopic (exact) mass is 239 g/mol. The van der Waals surface area contributed by atoms with Crippen molar-refractivity contribution in [2.75, 3.05) is 27.2 Å². The molecule has 0 radical (unpaired) electrons. The molecule has 0 bridgehead atoms. The predicted octanol–water partition coefficient (Wildman–Crippen LogP) is 1.20. The first-order chi connectivity index (χ1) is 8.15. The molecule has 17 heavy (non-hydrogen) atoms. The third-order valence-corrected chi connectivity index (χ3v) is 2.17. The van der Waals surface area contributed by atoms with Crippen LogP contribution in [0.5, 0.6) is 0 Å². The first-order valence-corrected chi connectivity index (χ1v) is 5.59. The van der Waals surface area contributed by atoms with Gasteiger partial charge in [0, 0.05) is 20.6 Å². The zero-order chi connectivity index (χ0) is 13.1. The molecular formula is C12H21N3O2. The largest absolute Gasteiger partial charge is 0.478 e. The van der Waals surface area contributed by atoms with Gasteiger partial charge in [-0.05, 0) is 25.8 Å². The minimum absolute atomic E-state index is 0.115. The van der Waals surface area contributed by atoms with Gasteiger partial charge < -0.3 is 10.1 Å². The van der Waals surface area contributed by atoms with E-state index in [-0.39, 0.29) is 5.91 Å². The van der Waals surface area contributed by atoms with Gasteiger partial charge in [0.1, 0.15) is 0 Å². The smallest absolute Gasteiger partial charge is 0.264 e. The van der Waals surface area contributed by atoms with Crippen LogP contribution in [0.25, 0.3) is 0 Å². The molecule has 1 amide bonds. The summed E-state index contributed by atoms with van der Waals surface area (Å²) in [5.74, 6) is 0.429. The van der Waals surface area contributed by atoms with E-state index < -0.39 is 0 Å². The zero-order valence-electron chi connectivity index (χ0n) is 10.8. The van der Waals surface area contributed by atoms with Crippen LogP contribution in [-0.2, 0) is 9.53 Å². The molecule has 0 aliphatic carbocycles. The predicted molar refractivity (Wildman–Crippen MR) is 70.8 cm³/mol. The fourth-order valence-electron chi connectivity index (χ4n) is 1.05. The third-order valence-electron chi connectivity index (χ3n) is 2.17. The fraction of sp³-hybridized carbons (Fsp3) is 0.583. The van der Waals surface area contributed by atoms with Crippen molar-refractivity contribution in [1.29, 1.82) is 0 Å². The summed E-state index contributed by atoms with van der Waals surface area (Å²) in [5.41, 5.74) is 0.494. The van der Waals surface area contributed by atoms with Crippen LogP contribution in [0.2, 0.25) is 0 Å². The lowest BCUT2D eigenvalue weighted by Gasteiger charge is -2.06. The Morgan fingerprint density at radius 2 is 2.06 bits per heavy atom. The second-order valence-corrected chi connectivity index (χ2v) is 3.39. The van der Waals surface area contributed by atoms with Gasteiger partial charge in [-0.25, -0.2) is 0 Å². The lowest BCUT2D eigenvalue weighted by Crippen LogP contribution is -2.30. The maximum absolute atomic E-state index is 11.3. The highest BCUT2D eigenvalue weighted by Gasteiger charge is 2.02. The van der Waals surface area contributed by atoms with Crippen LogP contribution in [0.1, 0.15) is 19.8 Å². The number of carbonyl (C=O) groups is 1. The van der Waals surface area contributed by atoms with Crippen LogP contribution in [0, 0.1) is 0 Å². The number of hydrogen-bond donors (Lipinski definition) is 1. The number of nitrogens with one attached hydrogen (secondary N) is 1. The van der Waals surface area contributed by atoms with Gasteiger partial charge in [0.05, 0.1) is 12.3 Å². The molecule has 0 heterocycles. The van der Waals surface area contributed by atoms with E-state index in [4.69, 9.17) is 4.74 Å².